The standard InChI is InChI=1S/C24H28N4O2S/c1-30-16-20-25-23(22-18-9-5-6-10-19(18)31-24(22)26-20)28-13-11-27(12-14-28)21(29)15-17-7-3-2-4-8-17/h2-4,7-8H,5-6,9-16H2,1H3. The van der Waals surface area contributed by atoms with Gasteiger partial charge in [-0.25, -0.2) is 9.97 Å². The highest BCUT2D eigenvalue weighted by atomic mass is 32.1. The quantitative estimate of drug-likeness (QED) is 0.612. The minimum absolute atomic E-state index is 0.201. The molecule has 0 radical (unpaired) electrons. The molecule has 3 aromatic rings. The van der Waals surface area contributed by atoms with Crippen LogP contribution in [-0.4, -0.2) is 54.1 Å². The summed E-state index contributed by atoms with van der Waals surface area (Å²) in [6, 6.07) is 9.99. The van der Waals surface area contributed by atoms with E-state index in [2.05, 4.69) is 4.90 Å². The van der Waals surface area contributed by atoms with Crippen molar-refractivity contribution in [1.29, 1.82) is 0 Å². The lowest BCUT2D eigenvalue weighted by molar-refractivity contribution is -0.130. The number of methoxy groups -OCH3 is 1. The van der Waals surface area contributed by atoms with Crippen molar-refractivity contribution in [3.63, 3.8) is 0 Å². The lowest BCUT2D eigenvalue weighted by Crippen LogP contribution is -2.49. The summed E-state index contributed by atoms with van der Waals surface area (Å²) in [5.41, 5.74) is 2.52. The van der Waals surface area contributed by atoms with E-state index in [1.165, 1.54) is 28.7 Å². The highest BCUT2D eigenvalue weighted by Crippen LogP contribution is 2.40. The summed E-state index contributed by atoms with van der Waals surface area (Å²) in [4.78, 5) is 29.4. The van der Waals surface area contributed by atoms with Gasteiger partial charge in [0.15, 0.2) is 5.82 Å². The molecule has 3 heterocycles. The van der Waals surface area contributed by atoms with Crippen LogP contribution in [0.3, 0.4) is 0 Å². The van der Waals surface area contributed by atoms with Crippen LogP contribution in [0.25, 0.3) is 10.2 Å². The number of hydrogen-bond donors (Lipinski definition) is 0. The van der Waals surface area contributed by atoms with Crippen molar-refractivity contribution in [2.45, 2.75) is 38.7 Å². The number of aryl methyl sites for hydroxylation is 2. The molecular formula is C24H28N4O2S. The molecule has 162 valence electrons. The number of amides is 1. The normalized spacial score (nSPS) is 16.5. The molecule has 0 saturated carbocycles. The van der Waals surface area contributed by atoms with Gasteiger partial charge in [0.1, 0.15) is 17.3 Å². The van der Waals surface area contributed by atoms with Gasteiger partial charge in [0.05, 0.1) is 11.8 Å². The number of ether oxygens (including phenoxy) is 1. The van der Waals surface area contributed by atoms with E-state index in [4.69, 9.17) is 14.7 Å². The van der Waals surface area contributed by atoms with Crippen molar-refractivity contribution in [3.8, 4) is 0 Å². The van der Waals surface area contributed by atoms with E-state index in [0.29, 0.717) is 13.0 Å². The van der Waals surface area contributed by atoms with Crippen molar-refractivity contribution < 1.29 is 9.53 Å². The predicted octanol–water partition coefficient (Wildman–Crippen LogP) is 3.61. The second-order valence-electron chi connectivity index (χ2n) is 8.32. The highest BCUT2D eigenvalue weighted by molar-refractivity contribution is 7.19. The third-order valence-electron chi connectivity index (χ3n) is 6.25. The van der Waals surface area contributed by atoms with Crippen molar-refractivity contribution in [3.05, 3.63) is 52.2 Å². The van der Waals surface area contributed by atoms with Gasteiger partial charge in [-0.1, -0.05) is 30.3 Å². The van der Waals surface area contributed by atoms with Crippen LogP contribution in [-0.2, 0) is 35.4 Å². The highest BCUT2D eigenvalue weighted by Gasteiger charge is 2.27. The topological polar surface area (TPSA) is 58.6 Å². The summed E-state index contributed by atoms with van der Waals surface area (Å²) >= 11 is 1.83. The first-order valence-corrected chi connectivity index (χ1v) is 11.9. The van der Waals surface area contributed by atoms with Gasteiger partial charge in [0.2, 0.25) is 5.91 Å². The Morgan fingerprint density at radius 3 is 2.61 bits per heavy atom. The average Bonchev–Trinajstić information content (AvgIpc) is 3.18. The smallest absolute Gasteiger partial charge is 0.227 e. The zero-order chi connectivity index (χ0) is 21.2. The lowest BCUT2D eigenvalue weighted by atomic mass is 9.97. The maximum atomic E-state index is 12.8. The third kappa shape index (κ3) is 4.16. The first-order chi connectivity index (χ1) is 15.2. The molecule has 1 fully saturated rings. The Labute approximate surface area is 186 Å². The molecule has 5 rings (SSSR count). The summed E-state index contributed by atoms with van der Waals surface area (Å²) in [5, 5.41) is 1.24. The average molecular weight is 437 g/mol. The first kappa shape index (κ1) is 20.4. The number of rotatable bonds is 5. The number of hydrogen-bond acceptors (Lipinski definition) is 6. The Morgan fingerprint density at radius 1 is 1.06 bits per heavy atom. The van der Waals surface area contributed by atoms with E-state index in [9.17, 15) is 4.79 Å². The lowest BCUT2D eigenvalue weighted by Gasteiger charge is -2.36. The Kier molecular flexibility index (Phi) is 5.87. The van der Waals surface area contributed by atoms with E-state index in [-0.39, 0.29) is 5.91 Å². The van der Waals surface area contributed by atoms with Gasteiger partial charge in [-0.2, -0.15) is 0 Å². The number of anilines is 1. The molecular weight excluding hydrogens is 408 g/mol. The molecule has 0 atom stereocenters. The number of carbonyl (C=O) groups excluding carboxylic acids is 1. The summed E-state index contributed by atoms with van der Waals surface area (Å²) in [7, 11) is 1.68. The van der Waals surface area contributed by atoms with E-state index in [1.807, 2.05) is 46.6 Å². The van der Waals surface area contributed by atoms with E-state index >= 15 is 0 Å². The number of aromatic nitrogens is 2. The van der Waals surface area contributed by atoms with Gasteiger partial charge in [0, 0.05) is 38.2 Å². The number of carbonyl (C=O) groups is 1. The SMILES string of the molecule is COCc1nc(N2CCN(C(=O)Cc3ccccc3)CC2)c2c3c(sc2n1)CCCC3. The summed E-state index contributed by atoms with van der Waals surface area (Å²) in [5.74, 6) is 1.98. The second-order valence-corrected chi connectivity index (χ2v) is 9.40. The van der Waals surface area contributed by atoms with Gasteiger partial charge in [0.25, 0.3) is 0 Å². The molecule has 31 heavy (non-hydrogen) atoms. The van der Waals surface area contributed by atoms with Crippen molar-refractivity contribution in [2.24, 2.45) is 0 Å². The van der Waals surface area contributed by atoms with Crippen LogP contribution in [0.2, 0.25) is 0 Å². The molecule has 1 saturated heterocycles. The van der Waals surface area contributed by atoms with Crippen LogP contribution in [0.4, 0.5) is 5.82 Å². The largest absolute Gasteiger partial charge is 0.377 e. The summed E-state index contributed by atoms with van der Waals surface area (Å²) in [6.45, 7) is 3.46. The third-order valence-corrected chi connectivity index (χ3v) is 7.43. The van der Waals surface area contributed by atoms with E-state index in [0.717, 1.165) is 61.1 Å². The van der Waals surface area contributed by atoms with Crippen molar-refractivity contribution in [2.75, 3.05) is 38.2 Å². The Hall–Kier alpha value is -2.51. The summed E-state index contributed by atoms with van der Waals surface area (Å²) < 4.78 is 5.33. The molecule has 0 spiro atoms. The molecule has 2 aromatic heterocycles. The van der Waals surface area contributed by atoms with Gasteiger partial charge in [-0.05, 0) is 36.8 Å². The predicted molar refractivity (Wildman–Crippen MR) is 124 cm³/mol. The second kappa shape index (κ2) is 8.93. The number of thiophene rings is 1. The zero-order valence-corrected chi connectivity index (χ0v) is 18.8. The van der Waals surface area contributed by atoms with Crippen LogP contribution < -0.4 is 4.90 Å². The Morgan fingerprint density at radius 2 is 1.84 bits per heavy atom. The maximum Gasteiger partial charge on any atom is 0.227 e. The monoisotopic (exact) mass is 436 g/mol. The van der Waals surface area contributed by atoms with Crippen LogP contribution in [0, 0.1) is 0 Å². The van der Waals surface area contributed by atoms with Crippen LogP contribution in [0.5, 0.6) is 0 Å². The number of benzene rings is 1. The molecule has 0 unspecified atom stereocenters. The molecule has 0 N–H and O–H groups in total. The molecule has 6 nitrogen and oxygen atoms in total. The Bertz CT molecular complexity index is 1070. The molecule has 2 aliphatic rings. The molecule has 1 aliphatic heterocycles. The number of nitrogens with zero attached hydrogens (tertiary/aromatic N) is 4. The van der Waals surface area contributed by atoms with Crippen LogP contribution in [0.15, 0.2) is 30.3 Å². The van der Waals surface area contributed by atoms with Crippen LogP contribution >= 0.6 is 11.3 Å². The zero-order valence-electron chi connectivity index (χ0n) is 18.0. The minimum Gasteiger partial charge on any atom is -0.377 e. The Balaban J connectivity index is 1.37. The molecule has 7 heteroatoms. The fourth-order valence-electron chi connectivity index (χ4n) is 4.65. The maximum absolute atomic E-state index is 12.8. The minimum atomic E-state index is 0.201. The van der Waals surface area contributed by atoms with Gasteiger partial charge < -0.3 is 14.5 Å². The van der Waals surface area contributed by atoms with E-state index < -0.39 is 0 Å². The number of piperazine rings is 1. The van der Waals surface area contributed by atoms with Crippen molar-refractivity contribution >= 4 is 33.3 Å². The molecule has 0 bridgehead atoms. The van der Waals surface area contributed by atoms with Crippen LogP contribution in [0.1, 0.15) is 34.7 Å². The molecule has 1 aromatic carbocycles. The fraction of sp³-hybridized carbons (Fsp3) is 0.458. The van der Waals surface area contributed by atoms with Gasteiger partial charge in [-0.15, -0.1) is 11.3 Å². The molecule has 1 amide bonds. The van der Waals surface area contributed by atoms with Crippen molar-refractivity contribution in [1.82, 2.24) is 14.9 Å². The summed E-state index contributed by atoms with van der Waals surface area (Å²) in [6.07, 6.45) is 5.23. The first-order valence-electron chi connectivity index (χ1n) is 11.1. The van der Waals surface area contributed by atoms with Gasteiger partial charge >= 0.3 is 0 Å². The number of fused-ring (bicyclic) bond motifs is 3. The fourth-order valence-corrected chi connectivity index (χ4v) is 5.93. The van der Waals surface area contributed by atoms with E-state index in [1.54, 1.807) is 7.11 Å². The molecule has 1 aliphatic carbocycles. The van der Waals surface area contributed by atoms with Gasteiger partial charge in [-0.3, -0.25) is 4.79 Å².